The van der Waals surface area contributed by atoms with Crippen molar-refractivity contribution in [3.8, 4) is 5.75 Å². The molecule has 2 N–H and O–H groups in total. The molecule has 0 saturated heterocycles. The SMILES string of the molecule is C=Cc1cc(CNC(=O)C=Cc2ccc(OCC(OC)C(C)(C)C)cc2)cc(F)c1NS(C)(=O)=O. The molecule has 0 bridgehead atoms. The molecule has 0 heterocycles. The maximum atomic E-state index is 14.4. The van der Waals surface area contributed by atoms with Crippen LogP contribution in [0.4, 0.5) is 10.1 Å². The number of rotatable bonds is 11. The molecule has 190 valence electrons. The van der Waals surface area contributed by atoms with E-state index in [0.717, 1.165) is 17.9 Å². The van der Waals surface area contributed by atoms with Gasteiger partial charge < -0.3 is 14.8 Å². The van der Waals surface area contributed by atoms with Crippen LogP contribution >= 0.6 is 0 Å². The van der Waals surface area contributed by atoms with E-state index in [9.17, 15) is 17.6 Å². The first-order valence-corrected chi connectivity index (χ1v) is 12.9. The maximum Gasteiger partial charge on any atom is 0.244 e. The Labute approximate surface area is 207 Å². The van der Waals surface area contributed by atoms with Crippen molar-refractivity contribution in [3.05, 3.63) is 71.6 Å². The molecule has 2 aromatic carbocycles. The van der Waals surface area contributed by atoms with Crippen molar-refractivity contribution < 1.29 is 27.1 Å². The minimum atomic E-state index is -3.65. The molecule has 2 rings (SSSR count). The van der Waals surface area contributed by atoms with Gasteiger partial charge in [-0.3, -0.25) is 9.52 Å². The van der Waals surface area contributed by atoms with Crippen LogP contribution < -0.4 is 14.8 Å². The highest BCUT2D eigenvalue weighted by molar-refractivity contribution is 7.92. The Hall–Kier alpha value is -3.17. The van der Waals surface area contributed by atoms with E-state index in [2.05, 4.69) is 37.4 Å². The van der Waals surface area contributed by atoms with Crippen molar-refractivity contribution in [2.24, 2.45) is 5.41 Å². The van der Waals surface area contributed by atoms with Crippen LogP contribution in [0.25, 0.3) is 12.2 Å². The lowest BCUT2D eigenvalue weighted by Crippen LogP contribution is -2.33. The normalized spacial score (nSPS) is 12.9. The zero-order valence-corrected chi connectivity index (χ0v) is 21.5. The van der Waals surface area contributed by atoms with Gasteiger partial charge >= 0.3 is 0 Å². The van der Waals surface area contributed by atoms with Gasteiger partial charge in [-0.1, -0.05) is 45.6 Å². The van der Waals surface area contributed by atoms with Crippen molar-refractivity contribution in [2.45, 2.75) is 33.4 Å². The lowest BCUT2D eigenvalue weighted by Gasteiger charge is -2.29. The summed E-state index contributed by atoms with van der Waals surface area (Å²) in [6, 6.07) is 10.0. The zero-order valence-electron chi connectivity index (χ0n) is 20.7. The molecule has 2 aromatic rings. The Morgan fingerprint density at radius 1 is 1.20 bits per heavy atom. The number of carbonyl (C=O) groups is 1. The smallest absolute Gasteiger partial charge is 0.244 e. The van der Waals surface area contributed by atoms with E-state index in [1.165, 1.54) is 12.2 Å². The van der Waals surface area contributed by atoms with Crippen LogP contribution in [-0.4, -0.2) is 40.4 Å². The van der Waals surface area contributed by atoms with E-state index in [0.29, 0.717) is 17.9 Å². The molecular weight excluding hydrogens is 471 g/mol. The summed E-state index contributed by atoms with van der Waals surface area (Å²) < 4.78 is 50.8. The van der Waals surface area contributed by atoms with Gasteiger partial charge in [-0.15, -0.1) is 0 Å². The van der Waals surface area contributed by atoms with Gasteiger partial charge in [-0.05, 0) is 46.9 Å². The first-order valence-electron chi connectivity index (χ1n) is 11.0. The number of sulfonamides is 1. The monoisotopic (exact) mass is 504 g/mol. The van der Waals surface area contributed by atoms with Crippen molar-refractivity contribution in [2.75, 3.05) is 24.7 Å². The minimum Gasteiger partial charge on any atom is -0.491 e. The van der Waals surface area contributed by atoms with E-state index >= 15 is 0 Å². The molecule has 0 radical (unpaired) electrons. The van der Waals surface area contributed by atoms with Gasteiger partial charge in [0, 0.05) is 25.3 Å². The van der Waals surface area contributed by atoms with Crippen molar-refractivity contribution in [3.63, 3.8) is 0 Å². The molecule has 0 fully saturated rings. The molecule has 0 aliphatic rings. The Balaban J connectivity index is 1.95. The van der Waals surface area contributed by atoms with E-state index in [-0.39, 0.29) is 35.2 Å². The molecule has 1 unspecified atom stereocenters. The molecule has 0 aliphatic heterocycles. The third kappa shape index (κ3) is 9.18. The summed E-state index contributed by atoms with van der Waals surface area (Å²) in [4.78, 5) is 12.2. The molecule has 1 amide bonds. The van der Waals surface area contributed by atoms with E-state index in [1.807, 2.05) is 24.3 Å². The second kappa shape index (κ2) is 12.0. The van der Waals surface area contributed by atoms with Gasteiger partial charge in [0.2, 0.25) is 15.9 Å². The number of halogens is 1. The van der Waals surface area contributed by atoms with Crippen molar-refractivity contribution in [1.82, 2.24) is 5.32 Å². The third-order valence-corrected chi connectivity index (χ3v) is 5.69. The van der Waals surface area contributed by atoms with Crippen LogP contribution in [0.1, 0.15) is 37.5 Å². The quantitative estimate of drug-likeness (QED) is 0.436. The number of anilines is 1. The number of amides is 1. The van der Waals surface area contributed by atoms with Gasteiger partial charge in [-0.2, -0.15) is 0 Å². The number of ether oxygens (including phenoxy) is 2. The van der Waals surface area contributed by atoms with Gasteiger partial charge in [0.25, 0.3) is 0 Å². The van der Waals surface area contributed by atoms with Crippen LogP contribution in [0.3, 0.4) is 0 Å². The summed E-state index contributed by atoms with van der Waals surface area (Å²) in [5, 5.41) is 2.68. The Kier molecular flexibility index (Phi) is 9.62. The molecule has 0 aromatic heterocycles. The predicted molar refractivity (Wildman–Crippen MR) is 138 cm³/mol. The second-order valence-corrected chi connectivity index (χ2v) is 10.9. The summed E-state index contributed by atoms with van der Waals surface area (Å²) in [6.45, 7) is 10.3. The Morgan fingerprint density at radius 3 is 2.40 bits per heavy atom. The van der Waals surface area contributed by atoms with Gasteiger partial charge in [-0.25, -0.2) is 12.8 Å². The van der Waals surface area contributed by atoms with Crippen LogP contribution in [0.2, 0.25) is 0 Å². The van der Waals surface area contributed by atoms with Gasteiger partial charge in [0.1, 0.15) is 18.2 Å². The van der Waals surface area contributed by atoms with E-state index in [4.69, 9.17) is 9.47 Å². The van der Waals surface area contributed by atoms with Gasteiger partial charge in [0.05, 0.1) is 18.0 Å². The molecule has 0 saturated carbocycles. The summed E-state index contributed by atoms with van der Waals surface area (Å²) in [5.74, 6) is -0.418. The fourth-order valence-electron chi connectivity index (χ4n) is 3.18. The highest BCUT2D eigenvalue weighted by atomic mass is 32.2. The second-order valence-electron chi connectivity index (χ2n) is 9.14. The first kappa shape index (κ1) is 28.1. The highest BCUT2D eigenvalue weighted by Gasteiger charge is 2.25. The van der Waals surface area contributed by atoms with Crippen molar-refractivity contribution in [1.29, 1.82) is 0 Å². The summed E-state index contributed by atoms with van der Waals surface area (Å²) in [6.07, 6.45) is 5.26. The lowest BCUT2D eigenvalue weighted by molar-refractivity contribution is -0.116. The standard InChI is InChI=1S/C26H33FN2O5S/c1-7-20-14-19(15-22(27)25(20)29-35(6,31)32)16-28-24(30)13-10-18-8-11-21(12-9-18)34-17-23(33-5)26(2,3)4/h7-15,23,29H,1,16-17H2,2-6H3,(H,28,30). The topological polar surface area (TPSA) is 93.7 Å². The molecule has 0 aliphatic carbocycles. The molecule has 1 atom stereocenters. The number of nitrogens with one attached hydrogen (secondary N) is 2. The van der Waals surface area contributed by atoms with E-state index < -0.39 is 15.8 Å². The average molecular weight is 505 g/mol. The average Bonchev–Trinajstić information content (AvgIpc) is 2.77. The molecule has 9 heteroatoms. The molecule has 7 nitrogen and oxygen atoms in total. The van der Waals surface area contributed by atoms with E-state index in [1.54, 1.807) is 19.3 Å². The number of methoxy groups -OCH3 is 1. The molecule has 35 heavy (non-hydrogen) atoms. The number of hydrogen-bond donors (Lipinski definition) is 2. The molecule has 0 spiro atoms. The maximum absolute atomic E-state index is 14.4. The third-order valence-electron chi connectivity index (χ3n) is 5.11. The summed E-state index contributed by atoms with van der Waals surface area (Å²) in [7, 11) is -1.99. The number of hydrogen-bond acceptors (Lipinski definition) is 5. The fraction of sp³-hybridized carbons (Fsp3) is 0.346. The fourth-order valence-corrected chi connectivity index (χ4v) is 3.77. The predicted octanol–water partition coefficient (Wildman–Crippen LogP) is 4.61. The largest absolute Gasteiger partial charge is 0.491 e. The van der Waals surface area contributed by atoms with Crippen LogP contribution in [0, 0.1) is 11.2 Å². The van der Waals surface area contributed by atoms with Gasteiger partial charge in [0.15, 0.2) is 0 Å². The van der Waals surface area contributed by atoms with Crippen LogP contribution in [0.5, 0.6) is 5.75 Å². The Morgan fingerprint density at radius 2 is 1.86 bits per heavy atom. The van der Waals surface area contributed by atoms with Crippen molar-refractivity contribution >= 4 is 33.8 Å². The minimum absolute atomic E-state index is 0.0428. The Bertz CT molecular complexity index is 1170. The first-order chi connectivity index (χ1) is 16.3. The summed E-state index contributed by atoms with van der Waals surface area (Å²) >= 11 is 0. The number of benzene rings is 2. The van der Waals surface area contributed by atoms with Crippen LogP contribution in [-0.2, 0) is 26.1 Å². The number of carbonyl (C=O) groups excluding carboxylic acids is 1. The lowest BCUT2D eigenvalue weighted by atomic mass is 9.89. The zero-order chi connectivity index (χ0) is 26.2. The molecular formula is C26H33FN2O5S. The summed E-state index contributed by atoms with van der Waals surface area (Å²) in [5.41, 5.74) is 1.32. The van der Waals surface area contributed by atoms with Crippen LogP contribution in [0.15, 0.2) is 49.1 Å². The highest BCUT2D eigenvalue weighted by Crippen LogP contribution is 2.25.